The van der Waals surface area contributed by atoms with Gasteiger partial charge in [0, 0.05) is 17.9 Å². The first-order valence-corrected chi connectivity index (χ1v) is 10.1. The van der Waals surface area contributed by atoms with E-state index in [-0.39, 0.29) is 18.3 Å². The number of amides is 1. The van der Waals surface area contributed by atoms with E-state index in [1.54, 1.807) is 19.2 Å². The molecule has 0 aliphatic heterocycles. The zero-order valence-corrected chi connectivity index (χ0v) is 18.2. The van der Waals surface area contributed by atoms with E-state index in [2.05, 4.69) is 10.6 Å². The van der Waals surface area contributed by atoms with Crippen LogP contribution >= 0.6 is 23.2 Å². The van der Waals surface area contributed by atoms with Crippen molar-refractivity contribution >= 4 is 40.5 Å². The predicted molar refractivity (Wildman–Crippen MR) is 122 cm³/mol. The van der Waals surface area contributed by atoms with Crippen molar-refractivity contribution in [2.45, 2.75) is 13.5 Å². The fraction of sp³-hybridized carbons (Fsp3) is 0.174. The van der Waals surface area contributed by atoms with E-state index >= 15 is 0 Å². The van der Waals surface area contributed by atoms with Gasteiger partial charge in [0.25, 0.3) is 5.91 Å². The Morgan fingerprint density at radius 1 is 0.967 bits per heavy atom. The zero-order valence-electron chi connectivity index (χ0n) is 16.7. The zero-order chi connectivity index (χ0) is 21.5. The molecule has 7 heteroatoms. The highest BCUT2D eigenvalue weighted by molar-refractivity contribution is 6.37. The molecule has 0 saturated carbocycles. The van der Waals surface area contributed by atoms with Crippen molar-refractivity contribution < 1.29 is 14.3 Å². The van der Waals surface area contributed by atoms with Gasteiger partial charge in [-0.25, -0.2) is 0 Å². The van der Waals surface area contributed by atoms with Gasteiger partial charge >= 0.3 is 0 Å². The molecule has 0 bridgehead atoms. The van der Waals surface area contributed by atoms with Crippen molar-refractivity contribution in [1.29, 1.82) is 0 Å². The molecule has 30 heavy (non-hydrogen) atoms. The average Bonchev–Trinajstić information content (AvgIpc) is 2.72. The second kappa shape index (κ2) is 10.2. The molecule has 0 radical (unpaired) electrons. The van der Waals surface area contributed by atoms with Crippen LogP contribution in [-0.2, 0) is 11.3 Å². The third kappa shape index (κ3) is 6.05. The maximum atomic E-state index is 12.2. The lowest BCUT2D eigenvalue weighted by atomic mass is 10.2. The van der Waals surface area contributed by atoms with Crippen LogP contribution in [0, 0.1) is 6.92 Å². The van der Waals surface area contributed by atoms with E-state index in [0.29, 0.717) is 22.3 Å². The smallest absolute Gasteiger partial charge is 0.262 e. The first-order valence-electron chi connectivity index (χ1n) is 9.30. The summed E-state index contributed by atoms with van der Waals surface area (Å²) in [5.74, 6) is 0.781. The highest BCUT2D eigenvalue weighted by Gasteiger charge is 2.12. The molecule has 0 heterocycles. The molecule has 0 unspecified atom stereocenters. The summed E-state index contributed by atoms with van der Waals surface area (Å²) in [6, 6.07) is 18.6. The number of rotatable bonds is 8. The van der Waals surface area contributed by atoms with Crippen molar-refractivity contribution in [3.8, 4) is 11.5 Å². The Hall–Kier alpha value is -2.89. The molecule has 3 aromatic carbocycles. The molecular formula is C23H22Cl2N2O3. The molecule has 3 aromatic rings. The van der Waals surface area contributed by atoms with Gasteiger partial charge in [-0.2, -0.15) is 0 Å². The molecule has 0 atom stereocenters. The minimum Gasteiger partial charge on any atom is -0.497 e. The standard InChI is InChI=1S/C23H22Cl2N2O3/c1-15-4-3-5-18(10-15)27-22(28)14-30-23-20(24)11-16(12-21(23)25)13-26-17-6-8-19(29-2)9-7-17/h3-12,26H,13-14H2,1-2H3,(H,27,28). The van der Waals surface area contributed by atoms with Gasteiger partial charge in [0.05, 0.1) is 17.2 Å². The highest BCUT2D eigenvalue weighted by atomic mass is 35.5. The van der Waals surface area contributed by atoms with E-state index in [0.717, 1.165) is 22.6 Å². The van der Waals surface area contributed by atoms with E-state index in [9.17, 15) is 4.79 Å². The van der Waals surface area contributed by atoms with E-state index in [1.165, 1.54) is 0 Å². The lowest BCUT2D eigenvalue weighted by molar-refractivity contribution is -0.118. The fourth-order valence-corrected chi connectivity index (χ4v) is 3.46. The van der Waals surface area contributed by atoms with Crippen LogP contribution in [0.1, 0.15) is 11.1 Å². The number of carbonyl (C=O) groups is 1. The molecule has 0 aliphatic carbocycles. The highest BCUT2D eigenvalue weighted by Crippen LogP contribution is 2.34. The molecule has 0 aromatic heterocycles. The summed E-state index contributed by atoms with van der Waals surface area (Å²) in [7, 11) is 1.63. The number of halogens is 2. The SMILES string of the molecule is COc1ccc(NCc2cc(Cl)c(OCC(=O)Nc3cccc(C)c3)c(Cl)c2)cc1. The summed E-state index contributed by atoms with van der Waals surface area (Å²) in [5, 5.41) is 6.76. The molecule has 0 saturated heterocycles. The average molecular weight is 445 g/mol. The van der Waals surface area contributed by atoms with Gasteiger partial charge < -0.3 is 20.1 Å². The molecule has 2 N–H and O–H groups in total. The minimum atomic E-state index is -0.294. The van der Waals surface area contributed by atoms with Gasteiger partial charge in [-0.1, -0.05) is 35.3 Å². The summed E-state index contributed by atoms with van der Waals surface area (Å²) < 4.78 is 10.7. The van der Waals surface area contributed by atoms with Crippen LogP contribution in [0.5, 0.6) is 11.5 Å². The largest absolute Gasteiger partial charge is 0.497 e. The van der Waals surface area contributed by atoms with Gasteiger partial charge in [-0.15, -0.1) is 0 Å². The third-order valence-corrected chi connectivity index (χ3v) is 4.86. The van der Waals surface area contributed by atoms with E-state index in [1.807, 2.05) is 55.5 Å². The second-order valence-corrected chi connectivity index (χ2v) is 7.49. The summed E-state index contributed by atoms with van der Waals surface area (Å²) in [6.45, 7) is 2.29. The third-order valence-electron chi connectivity index (χ3n) is 4.29. The Morgan fingerprint density at radius 3 is 2.30 bits per heavy atom. The molecule has 156 valence electrons. The van der Waals surface area contributed by atoms with Crippen molar-refractivity contribution in [2.24, 2.45) is 0 Å². The molecule has 3 rings (SSSR count). The first kappa shape index (κ1) is 21.8. The number of ether oxygens (including phenoxy) is 2. The summed E-state index contributed by atoms with van der Waals surface area (Å²) in [6.07, 6.45) is 0. The van der Waals surface area contributed by atoms with E-state index < -0.39 is 0 Å². The number of hydrogen-bond donors (Lipinski definition) is 2. The number of anilines is 2. The Labute approximate surface area is 185 Å². The fourth-order valence-electron chi connectivity index (χ4n) is 2.82. The van der Waals surface area contributed by atoms with Gasteiger partial charge in [-0.3, -0.25) is 4.79 Å². The van der Waals surface area contributed by atoms with Gasteiger partial charge in [0.1, 0.15) is 5.75 Å². The maximum absolute atomic E-state index is 12.2. The van der Waals surface area contributed by atoms with Crippen molar-refractivity contribution in [2.75, 3.05) is 24.4 Å². The Balaban J connectivity index is 1.57. The summed E-state index contributed by atoms with van der Waals surface area (Å²) in [4.78, 5) is 12.2. The van der Waals surface area contributed by atoms with Crippen LogP contribution in [0.2, 0.25) is 10.0 Å². The second-order valence-electron chi connectivity index (χ2n) is 6.68. The van der Waals surface area contributed by atoms with Gasteiger partial charge in [-0.05, 0) is 66.6 Å². The van der Waals surface area contributed by atoms with E-state index in [4.69, 9.17) is 32.7 Å². The van der Waals surface area contributed by atoms with Crippen molar-refractivity contribution in [1.82, 2.24) is 0 Å². The molecular weight excluding hydrogens is 423 g/mol. The van der Waals surface area contributed by atoms with Crippen LogP contribution in [-0.4, -0.2) is 19.6 Å². The Kier molecular flexibility index (Phi) is 7.44. The summed E-state index contributed by atoms with van der Waals surface area (Å²) >= 11 is 12.7. The van der Waals surface area contributed by atoms with Crippen LogP contribution in [0.25, 0.3) is 0 Å². The number of methoxy groups -OCH3 is 1. The molecule has 0 fully saturated rings. The van der Waals surface area contributed by atoms with Crippen LogP contribution in [0.15, 0.2) is 60.7 Å². The molecule has 0 spiro atoms. The van der Waals surface area contributed by atoms with Gasteiger partial charge in [0.2, 0.25) is 0 Å². The normalized spacial score (nSPS) is 10.4. The molecule has 1 amide bonds. The Morgan fingerprint density at radius 2 is 1.67 bits per heavy atom. The predicted octanol–water partition coefficient (Wildman–Crippen LogP) is 5.94. The van der Waals surface area contributed by atoms with Crippen molar-refractivity contribution in [3.63, 3.8) is 0 Å². The maximum Gasteiger partial charge on any atom is 0.262 e. The topological polar surface area (TPSA) is 59.6 Å². The monoisotopic (exact) mass is 444 g/mol. The lowest BCUT2D eigenvalue weighted by Gasteiger charge is -2.13. The Bertz CT molecular complexity index is 1000. The van der Waals surface area contributed by atoms with Crippen molar-refractivity contribution in [3.05, 3.63) is 81.8 Å². The summed E-state index contributed by atoms with van der Waals surface area (Å²) in [5.41, 5.74) is 3.59. The quantitative estimate of drug-likeness (QED) is 0.451. The molecule has 0 aliphatic rings. The van der Waals surface area contributed by atoms with Crippen LogP contribution in [0.4, 0.5) is 11.4 Å². The van der Waals surface area contributed by atoms with Crippen LogP contribution in [0.3, 0.4) is 0 Å². The number of nitrogens with one attached hydrogen (secondary N) is 2. The first-order chi connectivity index (χ1) is 14.4. The minimum absolute atomic E-state index is 0.198. The molecule has 5 nitrogen and oxygen atoms in total. The number of benzene rings is 3. The van der Waals surface area contributed by atoms with Gasteiger partial charge in [0.15, 0.2) is 12.4 Å². The van der Waals surface area contributed by atoms with Crippen LogP contribution < -0.4 is 20.1 Å². The number of hydrogen-bond acceptors (Lipinski definition) is 4. The number of aryl methyl sites for hydroxylation is 1. The lowest BCUT2D eigenvalue weighted by Crippen LogP contribution is -2.20. The number of carbonyl (C=O) groups excluding carboxylic acids is 1.